The van der Waals surface area contributed by atoms with Crippen molar-refractivity contribution in [3.63, 3.8) is 0 Å². The maximum Gasteiger partial charge on any atom is 0.135 e. The highest BCUT2D eigenvalue weighted by Gasteiger charge is 2.20. The molecule has 50 heavy (non-hydrogen) atoms. The summed E-state index contributed by atoms with van der Waals surface area (Å²) in [6.45, 7) is 0. The molecule has 0 saturated carbocycles. The second kappa shape index (κ2) is 11.5. The first-order chi connectivity index (χ1) is 24.8. The van der Waals surface area contributed by atoms with Gasteiger partial charge in [0.15, 0.2) is 0 Å². The third kappa shape index (κ3) is 4.50. The van der Waals surface area contributed by atoms with Crippen molar-refractivity contribution in [3.05, 3.63) is 188 Å². The fraction of sp³-hybridized carbons (Fsp3) is 0. The van der Waals surface area contributed by atoms with Crippen LogP contribution in [0.2, 0.25) is 0 Å². The fourth-order valence-electron chi connectivity index (χ4n) is 7.80. The van der Waals surface area contributed by atoms with Gasteiger partial charge in [0, 0.05) is 16.5 Å². The van der Waals surface area contributed by atoms with Crippen molar-refractivity contribution in [1.82, 2.24) is 4.57 Å². The van der Waals surface area contributed by atoms with Gasteiger partial charge in [-0.25, -0.2) is 0 Å². The van der Waals surface area contributed by atoms with Gasteiger partial charge in [-0.15, -0.1) is 0 Å². The Morgan fingerprint density at radius 1 is 0.300 bits per heavy atom. The monoisotopic (exact) mass is 637 g/mol. The number of aromatic nitrogens is 1. The van der Waals surface area contributed by atoms with E-state index in [0.717, 1.165) is 39.0 Å². The zero-order valence-corrected chi connectivity index (χ0v) is 27.3. The van der Waals surface area contributed by atoms with Crippen LogP contribution < -0.4 is 0 Å². The van der Waals surface area contributed by atoms with Crippen molar-refractivity contribution in [2.75, 3.05) is 0 Å². The molecule has 0 atom stereocenters. The molecule has 10 rings (SSSR count). The van der Waals surface area contributed by atoms with Gasteiger partial charge in [-0.1, -0.05) is 146 Å². The average Bonchev–Trinajstić information content (AvgIpc) is 3.80. The molecule has 0 spiro atoms. The van der Waals surface area contributed by atoms with Gasteiger partial charge in [0.2, 0.25) is 0 Å². The lowest BCUT2D eigenvalue weighted by Crippen LogP contribution is -2.00. The lowest BCUT2D eigenvalue weighted by Gasteiger charge is -2.20. The van der Waals surface area contributed by atoms with E-state index >= 15 is 0 Å². The highest BCUT2D eigenvalue weighted by molar-refractivity contribution is 6.22. The second-order valence-electron chi connectivity index (χ2n) is 12.9. The van der Waals surface area contributed by atoms with E-state index in [1.54, 1.807) is 0 Å². The SMILES string of the molecule is c1ccc(-c2c3ccccc3c(-c3ccc4oc5ccccc5c4c3)c3ccc(-n4c(-c5ccccc5)ccc4-c4ccccc4)cc23)cc1. The van der Waals surface area contributed by atoms with E-state index < -0.39 is 0 Å². The van der Waals surface area contributed by atoms with Gasteiger partial charge in [0.1, 0.15) is 11.2 Å². The number of benzene rings is 8. The van der Waals surface area contributed by atoms with Crippen LogP contribution in [0.1, 0.15) is 0 Å². The third-order valence-electron chi connectivity index (χ3n) is 10.0. The van der Waals surface area contributed by atoms with E-state index in [9.17, 15) is 0 Å². The maximum absolute atomic E-state index is 6.24. The smallest absolute Gasteiger partial charge is 0.135 e. The molecule has 2 heteroatoms. The Labute approximate surface area is 290 Å². The molecule has 234 valence electrons. The van der Waals surface area contributed by atoms with Gasteiger partial charge in [0.05, 0.1) is 11.4 Å². The summed E-state index contributed by atoms with van der Waals surface area (Å²) in [6.07, 6.45) is 0. The molecular weight excluding hydrogens is 607 g/mol. The number of hydrogen-bond donors (Lipinski definition) is 0. The van der Waals surface area contributed by atoms with Gasteiger partial charge in [-0.3, -0.25) is 0 Å². The van der Waals surface area contributed by atoms with Crippen LogP contribution in [0, 0.1) is 0 Å². The van der Waals surface area contributed by atoms with Gasteiger partial charge in [0.25, 0.3) is 0 Å². The van der Waals surface area contributed by atoms with Gasteiger partial charge in [-0.2, -0.15) is 0 Å². The van der Waals surface area contributed by atoms with Crippen LogP contribution in [-0.4, -0.2) is 4.57 Å². The molecule has 8 aromatic carbocycles. The van der Waals surface area contributed by atoms with Crippen molar-refractivity contribution >= 4 is 43.5 Å². The van der Waals surface area contributed by atoms with Gasteiger partial charge >= 0.3 is 0 Å². The summed E-state index contributed by atoms with van der Waals surface area (Å²) >= 11 is 0. The van der Waals surface area contributed by atoms with E-state index in [-0.39, 0.29) is 0 Å². The molecule has 0 unspecified atom stereocenters. The molecule has 0 N–H and O–H groups in total. The molecule has 2 aromatic heterocycles. The van der Waals surface area contributed by atoms with E-state index in [2.05, 4.69) is 180 Å². The summed E-state index contributed by atoms with van der Waals surface area (Å²) in [6, 6.07) is 67.6. The zero-order valence-electron chi connectivity index (χ0n) is 27.3. The normalized spacial score (nSPS) is 11.6. The molecule has 2 heterocycles. The molecule has 0 amide bonds. The van der Waals surface area contributed by atoms with Crippen LogP contribution in [0.5, 0.6) is 0 Å². The van der Waals surface area contributed by atoms with E-state index in [4.69, 9.17) is 4.42 Å². The summed E-state index contributed by atoms with van der Waals surface area (Å²) in [5.74, 6) is 0. The number of rotatable bonds is 5. The lowest BCUT2D eigenvalue weighted by atomic mass is 9.85. The summed E-state index contributed by atoms with van der Waals surface area (Å²) in [7, 11) is 0. The van der Waals surface area contributed by atoms with Crippen molar-refractivity contribution < 1.29 is 4.42 Å². The van der Waals surface area contributed by atoms with Crippen molar-refractivity contribution in [2.45, 2.75) is 0 Å². The van der Waals surface area contributed by atoms with Crippen LogP contribution in [0.25, 0.3) is 93.9 Å². The molecule has 0 fully saturated rings. The quantitative estimate of drug-likeness (QED) is 0.172. The Kier molecular flexibility index (Phi) is 6.53. The summed E-state index contributed by atoms with van der Waals surface area (Å²) in [5, 5.41) is 7.16. The molecule has 0 aliphatic heterocycles. The number of nitrogens with zero attached hydrogens (tertiary/aromatic N) is 1. The highest BCUT2D eigenvalue weighted by Crippen LogP contribution is 2.46. The first-order valence-electron chi connectivity index (χ1n) is 17.1. The van der Waals surface area contributed by atoms with E-state index in [1.165, 1.54) is 54.9 Å². The molecular formula is C48H31NO. The van der Waals surface area contributed by atoms with E-state index in [0.29, 0.717) is 0 Å². The van der Waals surface area contributed by atoms with Gasteiger partial charge < -0.3 is 8.98 Å². The first-order valence-corrected chi connectivity index (χ1v) is 17.1. The Morgan fingerprint density at radius 2 is 0.800 bits per heavy atom. The van der Waals surface area contributed by atoms with Crippen LogP contribution >= 0.6 is 0 Å². The summed E-state index contributed by atoms with van der Waals surface area (Å²) < 4.78 is 8.66. The fourth-order valence-corrected chi connectivity index (χ4v) is 7.80. The van der Waals surface area contributed by atoms with Crippen LogP contribution in [0.4, 0.5) is 0 Å². The minimum Gasteiger partial charge on any atom is -0.456 e. The predicted octanol–water partition coefficient (Wildman–Crippen LogP) is 13.4. The largest absolute Gasteiger partial charge is 0.456 e. The number of para-hydroxylation sites is 1. The predicted molar refractivity (Wildman–Crippen MR) is 210 cm³/mol. The molecule has 0 aliphatic carbocycles. The molecule has 0 aliphatic rings. The second-order valence-corrected chi connectivity index (χ2v) is 12.9. The Hall–Kier alpha value is -6.64. The van der Waals surface area contributed by atoms with Crippen molar-refractivity contribution in [1.29, 1.82) is 0 Å². The molecule has 0 bridgehead atoms. The minimum atomic E-state index is 0.904. The zero-order chi connectivity index (χ0) is 33.0. The first kappa shape index (κ1) is 28.4. The standard InChI is InChI=1S/C48H31NO/c1-4-14-32(15-5-1)43-27-28-44(33-16-6-2-7-17-33)49(43)36-25-26-40-42(31-36)47(34-18-8-3-9-19-34)38-21-10-11-22-39(38)48(40)35-24-29-46-41(30-35)37-20-12-13-23-45(37)50-46/h1-31H. The van der Waals surface area contributed by atoms with Gasteiger partial charge in [-0.05, 0) is 97.4 Å². The highest BCUT2D eigenvalue weighted by atomic mass is 16.3. The maximum atomic E-state index is 6.24. The Balaban J connectivity index is 1.31. The summed E-state index contributed by atoms with van der Waals surface area (Å²) in [4.78, 5) is 0. The molecule has 2 nitrogen and oxygen atoms in total. The van der Waals surface area contributed by atoms with E-state index in [1.807, 2.05) is 12.1 Å². The molecule has 0 radical (unpaired) electrons. The van der Waals surface area contributed by atoms with Crippen LogP contribution in [0.3, 0.4) is 0 Å². The lowest BCUT2D eigenvalue weighted by molar-refractivity contribution is 0.669. The average molecular weight is 638 g/mol. The topological polar surface area (TPSA) is 18.1 Å². The van der Waals surface area contributed by atoms with Crippen LogP contribution in [0.15, 0.2) is 192 Å². The third-order valence-corrected chi connectivity index (χ3v) is 10.0. The molecule has 0 saturated heterocycles. The number of furan rings is 1. The Bertz CT molecular complexity index is 2790. The summed E-state index contributed by atoms with van der Waals surface area (Å²) in [5.41, 5.74) is 12.5. The molecule has 10 aromatic rings. The van der Waals surface area contributed by atoms with Crippen molar-refractivity contribution in [2.24, 2.45) is 0 Å². The number of hydrogen-bond acceptors (Lipinski definition) is 1. The number of fused-ring (bicyclic) bond motifs is 5. The Morgan fingerprint density at radius 3 is 1.44 bits per heavy atom. The minimum absolute atomic E-state index is 0.904. The van der Waals surface area contributed by atoms with Crippen LogP contribution in [-0.2, 0) is 0 Å². The van der Waals surface area contributed by atoms with Crippen molar-refractivity contribution in [3.8, 4) is 50.5 Å².